The zero-order chi connectivity index (χ0) is 15.0. The molecule has 1 aliphatic heterocycles. The lowest BCUT2D eigenvalue weighted by Crippen LogP contribution is -2.34. The number of hydrogen-bond acceptors (Lipinski definition) is 3. The Hall–Kier alpha value is -2.17. The monoisotopic (exact) mass is 287 g/mol. The van der Waals surface area contributed by atoms with E-state index >= 15 is 0 Å². The maximum Gasteiger partial charge on any atom is 0.335 e. The molecule has 1 spiro atoms. The average molecular weight is 287 g/mol. The summed E-state index contributed by atoms with van der Waals surface area (Å²) in [6.07, 6.45) is 3.90. The average Bonchev–Trinajstić information content (AvgIpc) is 3.01. The van der Waals surface area contributed by atoms with Gasteiger partial charge in [0.1, 0.15) is 0 Å². The fraction of sp³-hybridized carbons (Fsp3) is 0.438. The minimum atomic E-state index is -1.01. The molecule has 1 saturated heterocycles. The van der Waals surface area contributed by atoms with E-state index < -0.39 is 11.4 Å². The van der Waals surface area contributed by atoms with E-state index in [4.69, 9.17) is 5.11 Å². The molecule has 0 aromatic heterocycles. The standard InChI is InChI=1S/C16H17NO4/c18-13-9-16(6-1-2-7-16)15(21)17(13)10-11-4-3-5-12(8-11)14(19)20/h3-5,8H,1-2,6-7,9-10H2,(H,19,20). The molecule has 5 nitrogen and oxygen atoms in total. The van der Waals surface area contributed by atoms with E-state index in [-0.39, 0.29) is 23.9 Å². The van der Waals surface area contributed by atoms with Crippen molar-refractivity contribution < 1.29 is 19.5 Å². The largest absolute Gasteiger partial charge is 0.478 e. The molecule has 0 atom stereocenters. The van der Waals surface area contributed by atoms with E-state index in [0.717, 1.165) is 25.7 Å². The van der Waals surface area contributed by atoms with Crippen LogP contribution in [0, 0.1) is 5.41 Å². The summed E-state index contributed by atoms with van der Waals surface area (Å²) in [4.78, 5) is 37.0. The number of aromatic carboxylic acids is 1. The van der Waals surface area contributed by atoms with Gasteiger partial charge in [-0.2, -0.15) is 0 Å². The SMILES string of the molecule is O=C(O)c1cccc(CN2C(=O)CC3(CCCC3)C2=O)c1. The number of imide groups is 1. The Morgan fingerprint density at radius 1 is 1.24 bits per heavy atom. The van der Waals surface area contributed by atoms with Crippen LogP contribution in [0.1, 0.15) is 48.0 Å². The van der Waals surface area contributed by atoms with Gasteiger partial charge in [0.2, 0.25) is 11.8 Å². The fourth-order valence-corrected chi connectivity index (χ4v) is 3.45. The van der Waals surface area contributed by atoms with Crippen molar-refractivity contribution in [3.8, 4) is 0 Å². The van der Waals surface area contributed by atoms with Crippen LogP contribution >= 0.6 is 0 Å². The number of carboxylic acid groups (broad SMARTS) is 1. The molecule has 2 amide bonds. The summed E-state index contributed by atoms with van der Waals surface area (Å²) in [7, 11) is 0. The summed E-state index contributed by atoms with van der Waals surface area (Å²) < 4.78 is 0. The number of likely N-dealkylation sites (tertiary alicyclic amines) is 1. The molecule has 0 unspecified atom stereocenters. The third-order valence-corrected chi connectivity index (χ3v) is 4.56. The zero-order valence-electron chi connectivity index (χ0n) is 11.7. The van der Waals surface area contributed by atoms with Crippen molar-refractivity contribution in [1.29, 1.82) is 0 Å². The van der Waals surface area contributed by atoms with Crippen LogP contribution in [0.3, 0.4) is 0 Å². The Balaban J connectivity index is 1.82. The van der Waals surface area contributed by atoms with Crippen molar-refractivity contribution in [3.63, 3.8) is 0 Å². The van der Waals surface area contributed by atoms with Gasteiger partial charge in [0.05, 0.1) is 17.5 Å². The van der Waals surface area contributed by atoms with Gasteiger partial charge < -0.3 is 5.11 Å². The summed E-state index contributed by atoms with van der Waals surface area (Å²) in [5.74, 6) is -1.23. The van der Waals surface area contributed by atoms with E-state index in [1.807, 2.05) is 0 Å². The van der Waals surface area contributed by atoms with E-state index in [1.54, 1.807) is 12.1 Å². The van der Waals surface area contributed by atoms with Crippen molar-refractivity contribution >= 4 is 17.8 Å². The van der Waals surface area contributed by atoms with Crippen LogP contribution in [-0.2, 0) is 16.1 Å². The zero-order valence-corrected chi connectivity index (χ0v) is 11.7. The number of carbonyl (C=O) groups excluding carboxylic acids is 2. The minimum absolute atomic E-state index is 0.0780. The Bertz CT molecular complexity index is 616. The highest BCUT2D eigenvalue weighted by Crippen LogP contribution is 2.47. The molecule has 1 aliphatic carbocycles. The van der Waals surface area contributed by atoms with Crippen molar-refractivity contribution in [3.05, 3.63) is 35.4 Å². The number of carboxylic acids is 1. The van der Waals surface area contributed by atoms with Gasteiger partial charge in [-0.15, -0.1) is 0 Å². The van der Waals surface area contributed by atoms with Crippen LogP contribution in [0.25, 0.3) is 0 Å². The number of rotatable bonds is 3. The molecule has 2 aliphatic rings. The second-order valence-corrected chi connectivity index (χ2v) is 5.95. The summed E-state index contributed by atoms with van der Waals surface area (Å²) >= 11 is 0. The van der Waals surface area contributed by atoms with Gasteiger partial charge in [0, 0.05) is 6.42 Å². The third-order valence-electron chi connectivity index (χ3n) is 4.56. The lowest BCUT2D eigenvalue weighted by Gasteiger charge is -2.21. The van der Waals surface area contributed by atoms with Crippen molar-refractivity contribution in [1.82, 2.24) is 4.90 Å². The molecule has 1 heterocycles. The third kappa shape index (κ3) is 2.33. The van der Waals surface area contributed by atoms with E-state index in [1.165, 1.54) is 17.0 Å². The Morgan fingerprint density at radius 3 is 2.62 bits per heavy atom. The minimum Gasteiger partial charge on any atom is -0.478 e. The molecule has 3 rings (SSSR count). The summed E-state index contributed by atoms with van der Waals surface area (Å²) in [6, 6.07) is 6.39. The van der Waals surface area contributed by atoms with Crippen LogP contribution in [0.2, 0.25) is 0 Å². The van der Waals surface area contributed by atoms with Gasteiger partial charge in [-0.05, 0) is 30.5 Å². The topological polar surface area (TPSA) is 74.7 Å². The molecule has 110 valence electrons. The predicted octanol–water partition coefficient (Wildman–Crippen LogP) is 2.20. The first-order chi connectivity index (χ1) is 10.0. The van der Waals surface area contributed by atoms with E-state index in [0.29, 0.717) is 12.0 Å². The molecule has 1 N–H and O–H groups in total. The molecule has 2 fully saturated rings. The van der Waals surface area contributed by atoms with Crippen molar-refractivity contribution in [2.24, 2.45) is 5.41 Å². The van der Waals surface area contributed by atoms with Gasteiger partial charge in [-0.25, -0.2) is 4.79 Å². The number of benzene rings is 1. The van der Waals surface area contributed by atoms with Gasteiger partial charge in [-0.1, -0.05) is 25.0 Å². The summed E-state index contributed by atoms with van der Waals surface area (Å²) in [5.41, 5.74) is 0.371. The molecule has 0 radical (unpaired) electrons. The quantitative estimate of drug-likeness (QED) is 0.865. The molecule has 5 heteroatoms. The molecular weight excluding hydrogens is 270 g/mol. The van der Waals surface area contributed by atoms with Gasteiger partial charge >= 0.3 is 5.97 Å². The first-order valence-electron chi connectivity index (χ1n) is 7.19. The van der Waals surface area contributed by atoms with Gasteiger partial charge in [0.25, 0.3) is 0 Å². The first kappa shape index (κ1) is 13.8. The lowest BCUT2D eigenvalue weighted by molar-refractivity contribution is -0.142. The second kappa shape index (κ2) is 4.98. The highest BCUT2D eigenvalue weighted by Gasteiger charge is 2.52. The summed E-state index contributed by atoms with van der Waals surface area (Å²) in [6.45, 7) is 0.167. The lowest BCUT2D eigenvalue weighted by atomic mass is 9.84. The highest BCUT2D eigenvalue weighted by molar-refractivity contribution is 6.06. The van der Waals surface area contributed by atoms with Gasteiger partial charge in [0.15, 0.2) is 0 Å². The maximum atomic E-state index is 12.6. The maximum absolute atomic E-state index is 12.6. The number of hydrogen-bond donors (Lipinski definition) is 1. The van der Waals surface area contributed by atoms with Crippen LogP contribution in [0.5, 0.6) is 0 Å². The molecule has 21 heavy (non-hydrogen) atoms. The second-order valence-electron chi connectivity index (χ2n) is 5.95. The first-order valence-corrected chi connectivity index (χ1v) is 7.19. The van der Waals surface area contributed by atoms with Crippen LogP contribution in [0.15, 0.2) is 24.3 Å². The Labute approximate surface area is 122 Å². The molecule has 0 bridgehead atoms. The van der Waals surface area contributed by atoms with Crippen molar-refractivity contribution in [2.45, 2.75) is 38.6 Å². The van der Waals surface area contributed by atoms with Crippen LogP contribution in [-0.4, -0.2) is 27.8 Å². The van der Waals surface area contributed by atoms with Crippen molar-refractivity contribution in [2.75, 3.05) is 0 Å². The highest BCUT2D eigenvalue weighted by atomic mass is 16.4. The van der Waals surface area contributed by atoms with Crippen LogP contribution < -0.4 is 0 Å². The van der Waals surface area contributed by atoms with Gasteiger partial charge in [-0.3, -0.25) is 14.5 Å². The fourth-order valence-electron chi connectivity index (χ4n) is 3.45. The number of carbonyl (C=O) groups is 3. The molecule has 1 saturated carbocycles. The smallest absolute Gasteiger partial charge is 0.335 e. The number of nitrogens with zero attached hydrogens (tertiary/aromatic N) is 1. The Morgan fingerprint density at radius 2 is 1.95 bits per heavy atom. The normalized spacial score (nSPS) is 20.5. The van der Waals surface area contributed by atoms with E-state index in [2.05, 4.69) is 0 Å². The molecule has 1 aromatic rings. The summed E-state index contributed by atoms with van der Waals surface area (Å²) in [5, 5.41) is 8.99. The Kier molecular flexibility index (Phi) is 3.27. The molecule has 1 aromatic carbocycles. The molecular formula is C16H17NO4. The van der Waals surface area contributed by atoms with E-state index in [9.17, 15) is 14.4 Å². The van der Waals surface area contributed by atoms with Crippen LogP contribution in [0.4, 0.5) is 0 Å². The predicted molar refractivity (Wildman–Crippen MR) is 74.5 cm³/mol. The number of amides is 2.